The van der Waals surface area contributed by atoms with Gasteiger partial charge in [-0.3, -0.25) is 19.2 Å². The molecule has 1 atom stereocenters. The highest BCUT2D eigenvalue weighted by Gasteiger charge is 2.24. The number of amides is 1. The van der Waals surface area contributed by atoms with Gasteiger partial charge in [-0.25, -0.2) is 0 Å². The first-order valence-corrected chi connectivity index (χ1v) is 10.7. The number of aromatic nitrogens is 2. The fourth-order valence-electron chi connectivity index (χ4n) is 4.03. The number of nitrogens with zero attached hydrogens (tertiary/aromatic N) is 4. The van der Waals surface area contributed by atoms with Crippen molar-refractivity contribution in [1.82, 2.24) is 19.6 Å². The number of rotatable bonds is 7. The van der Waals surface area contributed by atoms with Crippen LogP contribution in [0.2, 0.25) is 0 Å². The lowest BCUT2D eigenvalue weighted by Crippen LogP contribution is -2.48. The molecule has 162 valence electrons. The van der Waals surface area contributed by atoms with Gasteiger partial charge >= 0.3 is 0 Å². The number of hydrogen-bond acceptors (Lipinski definition) is 5. The summed E-state index contributed by atoms with van der Waals surface area (Å²) in [5.41, 5.74) is 1.62. The molecule has 0 saturated carbocycles. The quantitative estimate of drug-likeness (QED) is 0.586. The highest BCUT2D eigenvalue weighted by Crippen LogP contribution is 2.14. The molecular weight excluding hydrogens is 392 g/mol. The van der Waals surface area contributed by atoms with Gasteiger partial charge < -0.3 is 9.64 Å². The molecule has 0 bridgehead atoms. The summed E-state index contributed by atoms with van der Waals surface area (Å²) in [6, 6.07) is 17.3. The van der Waals surface area contributed by atoms with Crippen LogP contribution >= 0.6 is 0 Å². The predicted molar refractivity (Wildman–Crippen MR) is 120 cm³/mol. The van der Waals surface area contributed by atoms with E-state index in [2.05, 4.69) is 16.9 Å². The van der Waals surface area contributed by atoms with Crippen molar-refractivity contribution in [1.29, 1.82) is 0 Å². The summed E-state index contributed by atoms with van der Waals surface area (Å²) in [4.78, 5) is 29.9. The predicted octanol–water partition coefficient (Wildman–Crippen LogP) is 2.15. The first-order valence-electron chi connectivity index (χ1n) is 10.7. The third-order valence-corrected chi connectivity index (χ3v) is 5.72. The maximum atomic E-state index is 13.5. The summed E-state index contributed by atoms with van der Waals surface area (Å²) in [5, 5.41) is 4.81. The summed E-state index contributed by atoms with van der Waals surface area (Å²) in [6.45, 7) is 6.71. The normalized spacial score (nSPS) is 15.6. The van der Waals surface area contributed by atoms with Crippen LogP contribution in [0.5, 0.6) is 0 Å². The van der Waals surface area contributed by atoms with Gasteiger partial charge in [0, 0.05) is 37.6 Å². The van der Waals surface area contributed by atoms with Crippen LogP contribution in [0.1, 0.15) is 12.5 Å². The number of ether oxygens (including phenoxy) is 1. The lowest BCUT2D eigenvalue weighted by molar-refractivity contribution is -0.135. The molecule has 1 fully saturated rings. The Labute approximate surface area is 181 Å². The number of morpholine rings is 1. The van der Waals surface area contributed by atoms with E-state index < -0.39 is 0 Å². The Morgan fingerprint density at radius 3 is 2.58 bits per heavy atom. The lowest BCUT2D eigenvalue weighted by Gasteiger charge is -2.35. The van der Waals surface area contributed by atoms with Crippen LogP contribution in [0.4, 0.5) is 0 Å². The third-order valence-electron chi connectivity index (χ3n) is 5.72. The zero-order chi connectivity index (χ0) is 21.6. The number of hydrogen-bond donors (Lipinski definition) is 0. The van der Waals surface area contributed by atoms with E-state index in [0.717, 1.165) is 38.4 Å². The van der Waals surface area contributed by atoms with Crippen molar-refractivity contribution in [3.63, 3.8) is 0 Å². The average molecular weight is 421 g/mol. The van der Waals surface area contributed by atoms with Crippen molar-refractivity contribution in [3.8, 4) is 0 Å². The Kier molecular flexibility index (Phi) is 6.74. The molecule has 0 spiro atoms. The molecule has 2 aromatic carbocycles. The summed E-state index contributed by atoms with van der Waals surface area (Å²) in [7, 11) is 0. The van der Waals surface area contributed by atoms with E-state index in [0.29, 0.717) is 17.4 Å². The largest absolute Gasteiger partial charge is 0.379 e. The van der Waals surface area contributed by atoms with Crippen LogP contribution in [0.15, 0.2) is 65.6 Å². The molecule has 1 aliphatic rings. The molecule has 0 radical (unpaired) electrons. The standard InChI is InChI=1S/C24H28N4O3/c1-19(16-26-11-13-31-14-12-26)27(17-20-7-3-2-4-8-20)24(30)18-28-22-10-6-5-9-21(22)23(29)15-25-28/h2-10,15,19H,11-14,16-18H2,1H3. The maximum Gasteiger partial charge on any atom is 0.244 e. The van der Waals surface area contributed by atoms with Gasteiger partial charge in [0.15, 0.2) is 0 Å². The second-order valence-corrected chi connectivity index (χ2v) is 7.95. The second kappa shape index (κ2) is 9.85. The molecule has 1 unspecified atom stereocenters. The lowest BCUT2D eigenvalue weighted by atomic mass is 10.1. The minimum absolute atomic E-state index is 0.0223. The summed E-state index contributed by atoms with van der Waals surface area (Å²) < 4.78 is 7.08. The molecule has 0 aliphatic carbocycles. The van der Waals surface area contributed by atoms with Crippen LogP contribution in [0, 0.1) is 0 Å². The molecule has 4 rings (SSSR count). The Morgan fingerprint density at radius 2 is 1.81 bits per heavy atom. The van der Waals surface area contributed by atoms with Gasteiger partial charge in [0.2, 0.25) is 11.3 Å². The van der Waals surface area contributed by atoms with Crippen LogP contribution in [-0.4, -0.2) is 64.4 Å². The van der Waals surface area contributed by atoms with Crippen molar-refractivity contribution in [2.24, 2.45) is 0 Å². The molecule has 0 N–H and O–H groups in total. The van der Waals surface area contributed by atoms with Crippen molar-refractivity contribution < 1.29 is 9.53 Å². The molecule has 1 aliphatic heterocycles. The van der Waals surface area contributed by atoms with Crippen molar-refractivity contribution in [2.45, 2.75) is 26.1 Å². The molecule has 1 aromatic heterocycles. The summed E-state index contributed by atoms with van der Waals surface area (Å²) >= 11 is 0. The van der Waals surface area contributed by atoms with Crippen molar-refractivity contribution >= 4 is 16.8 Å². The summed E-state index contributed by atoms with van der Waals surface area (Å²) in [5.74, 6) is -0.0223. The zero-order valence-electron chi connectivity index (χ0n) is 17.8. The fraction of sp³-hybridized carbons (Fsp3) is 0.375. The molecule has 7 nitrogen and oxygen atoms in total. The van der Waals surface area contributed by atoms with Crippen LogP contribution in [-0.2, 0) is 22.6 Å². The van der Waals surface area contributed by atoms with Gasteiger partial charge in [-0.1, -0.05) is 42.5 Å². The van der Waals surface area contributed by atoms with Crippen LogP contribution in [0.25, 0.3) is 10.9 Å². The van der Waals surface area contributed by atoms with Gasteiger partial charge in [-0.15, -0.1) is 0 Å². The van der Waals surface area contributed by atoms with E-state index in [4.69, 9.17) is 4.74 Å². The monoisotopic (exact) mass is 420 g/mol. The number of carbonyl (C=O) groups excluding carboxylic acids is 1. The maximum absolute atomic E-state index is 13.5. The number of carbonyl (C=O) groups is 1. The van der Waals surface area contributed by atoms with E-state index in [-0.39, 0.29) is 23.9 Å². The molecule has 2 heterocycles. The van der Waals surface area contributed by atoms with E-state index in [1.165, 1.54) is 6.20 Å². The highest BCUT2D eigenvalue weighted by atomic mass is 16.5. The highest BCUT2D eigenvalue weighted by molar-refractivity contribution is 5.81. The van der Waals surface area contributed by atoms with Crippen LogP contribution in [0.3, 0.4) is 0 Å². The molecular formula is C24H28N4O3. The smallest absolute Gasteiger partial charge is 0.244 e. The molecule has 1 saturated heterocycles. The first kappa shape index (κ1) is 21.2. The van der Waals surface area contributed by atoms with Crippen LogP contribution < -0.4 is 5.43 Å². The second-order valence-electron chi connectivity index (χ2n) is 7.95. The third kappa shape index (κ3) is 5.18. The number of benzene rings is 2. The van der Waals surface area contributed by atoms with E-state index in [9.17, 15) is 9.59 Å². The van der Waals surface area contributed by atoms with E-state index >= 15 is 0 Å². The van der Waals surface area contributed by atoms with Gasteiger partial charge in [0.1, 0.15) is 6.54 Å². The zero-order valence-corrected chi connectivity index (χ0v) is 17.8. The Balaban J connectivity index is 1.57. The Hall–Kier alpha value is -3.03. The molecule has 7 heteroatoms. The molecule has 3 aromatic rings. The Bertz CT molecular complexity index is 1080. The van der Waals surface area contributed by atoms with Gasteiger partial charge in [0.25, 0.3) is 0 Å². The van der Waals surface area contributed by atoms with Crippen molar-refractivity contribution in [2.75, 3.05) is 32.8 Å². The fourth-order valence-corrected chi connectivity index (χ4v) is 4.03. The minimum atomic E-state index is -0.138. The average Bonchev–Trinajstić information content (AvgIpc) is 2.81. The molecule has 31 heavy (non-hydrogen) atoms. The van der Waals surface area contributed by atoms with Gasteiger partial charge in [-0.2, -0.15) is 5.10 Å². The summed E-state index contributed by atoms with van der Waals surface area (Å²) in [6.07, 6.45) is 1.29. The van der Waals surface area contributed by atoms with E-state index in [1.54, 1.807) is 10.7 Å². The topological polar surface area (TPSA) is 67.7 Å². The molecule has 1 amide bonds. The number of fused-ring (bicyclic) bond motifs is 1. The first-order chi connectivity index (χ1) is 15.1. The van der Waals surface area contributed by atoms with Gasteiger partial charge in [-0.05, 0) is 24.6 Å². The minimum Gasteiger partial charge on any atom is -0.379 e. The van der Waals surface area contributed by atoms with E-state index in [1.807, 2.05) is 53.4 Å². The number of para-hydroxylation sites is 1. The van der Waals surface area contributed by atoms with Crippen molar-refractivity contribution in [3.05, 3.63) is 76.6 Å². The Morgan fingerprint density at radius 1 is 1.10 bits per heavy atom. The SMILES string of the molecule is CC(CN1CCOCC1)N(Cc1ccccc1)C(=O)Cn1ncc(=O)c2ccccc21. The van der Waals surface area contributed by atoms with Gasteiger partial charge in [0.05, 0.1) is 24.9 Å².